The molecule has 1 saturated heterocycles. The quantitative estimate of drug-likeness (QED) is 0.718. The number of ether oxygens (including phenoxy) is 1. The Morgan fingerprint density at radius 3 is 2.70 bits per heavy atom. The van der Waals surface area contributed by atoms with Crippen LogP contribution in [0.15, 0.2) is 53.4 Å². The van der Waals surface area contributed by atoms with Crippen LogP contribution in [0.4, 0.5) is 10.5 Å². The Hall–Kier alpha value is -2.77. The molecule has 138 valence electrons. The van der Waals surface area contributed by atoms with Gasteiger partial charge in [0.25, 0.3) is 11.1 Å². The van der Waals surface area contributed by atoms with Crippen LogP contribution in [0.3, 0.4) is 0 Å². The molecule has 1 fully saturated rings. The largest absolute Gasteiger partial charge is 0.492 e. The summed E-state index contributed by atoms with van der Waals surface area (Å²) in [5.41, 5.74) is 0.985. The number of para-hydroxylation sites is 1. The molecule has 0 unspecified atom stereocenters. The third-order valence-electron chi connectivity index (χ3n) is 3.64. The smallest absolute Gasteiger partial charge is 0.306 e. The molecule has 0 aliphatic carbocycles. The number of carboxylic acid groups (broad SMARTS) is 1. The van der Waals surface area contributed by atoms with Crippen molar-refractivity contribution in [3.05, 3.63) is 64.0 Å². The van der Waals surface area contributed by atoms with Gasteiger partial charge in [-0.1, -0.05) is 35.9 Å². The predicted molar refractivity (Wildman–Crippen MR) is 104 cm³/mol. The number of imide groups is 1. The molecule has 0 saturated carbocycles. The molecule has 1 aliphatic rings. The maximum absolute atomic E-state index is 12.7. The number of thioether (sulfide) groups is 1. The number of benzene rings is 2. The van der Waals surface area contributed by atoms with Crippen molar-refractivity contribution in [2.75, 3.05) is 11.5 Å². The van der Waals surface area contributed by atoms with E-state index in [0.29, 0.717) is 22.0 Å². The van der Waals surface area contributed by atoms with Crippen molar-refractivity contribution in [2.24, 2.45) is 0 Å². The van der Waals surface area contributed by atoms with Gasteiger partial charge in [0.2, 0.25) is 0 Å². The fraction of sp³-hybridized carbons (Fsp3) is 0.105. The number of carbonyl (C=O) groups is 3. The maximum atomic E-state index is 12.7. The van der Waals surface area contributed by atoms with E-state index < -0.39 is 17.1 Å². The van der Waals surface area contributed by atoms with E-state index in [0.717, 1.165) is 16.7 Å². The molecule has 1 aliphatic heterocycles. The molecule has 27 heavy (non-hydrogen) atoms. The highest BCUT2D eigenvalue weighted by molar-refractivity contribution is 8.19. The second-order valence-corrected chi connectivity index (χ2v) is 6.96. The maximum Gasteiger partial charge on any atom is 0.306 e. The normalized spacial score (nSPS) is 15.4. The number of hydrogen-bond acceptors (Lipinski definition) is 5. The van der Waals surface area contributed by atoms with Gasteiger partial charge < -0.3 is 9.84 Å². The molecule has 0 atom stereocenters. The van der Waals surface area contributed by atoms with Crippen LogP contribution in [-0.4, -0.2) is 28.8 Å². The molecule has 1 heterocycles. The number of hydrogen-bond donors (Lipinski definition) is 1. The van der Waals surface area contributed by atoms with E-state index >= 15 is 0 Å². The minimum absolute atomic E-state index is 0.00415. The summed E-state index contributed by atoms with van der Waals surface area (Å²) in [6.07, 6.45) is 1.42. The van der Waals surface area contributed by atoms with Crippen LogP contribution < -0.4 is 9.64 Å². The van der Waals surface area contributed by atoms with Crippen LogP contribution in [0.1, 0.15) is 12.0 Å². The van der Waals surface area contributed by atoms with Gasteiger partial charge in [-0.3, -0.25) is 14.4 Å². The topological polar surface area (TPSA) is 83.9 Å². The average Bonchev–Trinajstić information content (AvgIpc) is 2.89. The monoisotopic (exact) mass is 403 g/mol. The van der Waals surface area contributed by atoms with Gasteiger partial charge in [0, 0.05) is 10.6 Å². The Morgan fingerprint density at radius 1 is 1.19 bits per heavy atom. The summed E-state index contributed by atoms with van der Waals surface area (Å²) in [7, 11) is 0. The number of carbonyl (C=O) groups excluding carboxylic acids is 2. The van der Waals surface area contributed by atoms with Crippen LogP contribution in [-0.2, 0) is 9.59 Å². The van der Waals surface area contributed by atoms with Crippen LogP contribution in [0, 0.1) is 0 Å². The van der Waals surface area contributed by atoms with E-state index in [1.54, 1.807) is 54.6 Å². The van der Waals surface area contributed by atoms with Gasteiger partial charge in [0.05, 0.1) is 23.6 Å². The lowest BCUT2D eigenvalue weighted by atomic mass is 10.2. The van der Waals surface area contributed by atoms with E-state index in [-0.39, 0.29) is 17.9 Å². The molecule has 3 rings (SSSR count). The molecule has 2 aromatic carbocycles. The Balaban J connectivity index is 1.85. The van der Waals surface area contributed by atoms with Crippen molar-refractivity contribution in [3.63, 3.8) is 0 Å². The highest BCUT2D eigenvalue weighted by Crippen LogP contribution is 2.37. The molecule has 1 N–H and O–H groups in total. The lowest BCUT2D eigenvalue weighted by Gasteiger charge is -2.12. The molecular formula is C19H14ClNO5S. The second kappa shape index (κ2) is 8.28. The number of halogens is 1. The van der Waals surface area contributed by atoms with Gasteiger partial charge in [-0.05, 0) is 42.1 Å². The molecular weight excluding hydrogens is 390 g/mol. The molecule has 0 bridgehead atoms. The van der Waals surface area contributed by atoms with E-state index in [1.165, 1.54) is 0 Å². The van der Waals surface area contributed by atoms with Crippen LogP contribution in [0.25, 0.3) is 6.08 Å². The lowest BCUT2D eigenvalue weighted by molar-refractivity contribution is -0.137. The third-order valence-corrected chi connectivity index (χ3v) is 4.74. The lowest BCUT2D eigenvalue weighted by Crippen LogP contribution is -2.27. The fourth-order valence-corrected chi connectivity index (χ4v) is 3.44. The Kier molecular flexibility index (Phi) is 5.83. The number of rotatable bonds is 6. The van der Waals surface area contributed by atoms with Gasteiger partial charge in [-0.2, -0.15) is 0 Å². The Morgan fingerprint density at radius 2 is 1.96 bits per heavy atom. The van der Waals surface area contributed by atoms with Crippen molar-refractivity contribution in [1.82, 2.24) is 0 Å². The van der Waals surface area contributed by atoms with E-state index in [9.17, 15) is 14.4 Å². The fourth-order valence-electron chi connectivity index (χ4n) is 2.43. The molecule has 2 aromatic rings. The van der Waals surface area contributed by atoms with Crippen molar-refractivity contribution in [1.29, 1.82) is 0 Å². The molecule has 0 radical (unpaired) electrons. The standard InChI is InChI=1S/C19H14ClNO5S/c20-13-5-3-6-14(11-13)21-18(24)16(27-19(21)25)10-12-4-1-2-7-15(12)26-9-8-17(22)23/h1-7,10-11H,8-9H2,(H,22,23)/b16-10+. The summed E-state index contributed by atoms with van der Waals surface area (Å²) < 4.78 is 5.49. The molecule has 2 amide bonds. The summed E-state index contributed by atoms with van der Waals surface area (Å²) in [4.78, 5) is 37.0. The van der Waals surface area contributed by atoms with Crippen molar-refractivity contribution >= 4 is 52.2 Å². The van der Waals surface area contributed by atoms with Gasteiger partial charge in [-0.15, -0.1) is 0 Å². The van der Waals surface area contributed by atoms with E-state index in [1.807, 2.05) is 0 Å². The number of anilines is 1. The third kappa shape index (κ3) is 4.50. The van der Waals surface area contributed by atoms with Gasteiger partial charge in [0.1, 0.15) is 5.75 Å². The van der Waals surface area contributed by atoms with Crippen molar-refractivity contribution in [2.45, 2.75) is 6.42 Å². The first-order valence-electron chi connectivity index (χ1n) is 7.93. The Bertz CT molecular complexity index is 943. The highest BCUT2D eigenvalue weighted by Gasteiger charge is 2.36. The van der Waals surface area contributed by atoms with Gasteiger partial charge in [-0.25, -0.2) is 4.90 Å². The Labute approximate surface area is 164 Å². The van der Waals surface area contributed by atoms with Gasteiger partial charge >= 0.3 is 5.97 Å². The second-order valence-electron chi connectivity index (χ2n) is 5.53. The zero-order chi connectivity index (χ0) is 19.4. The predicted octanol–water partition coefficient (Wildman–Crippen LogP) is 4.43. The number of amides is 2. The van der Waals surface area contributed by atoms with Gasteiger partial charge in [0.15, 0.2) is 0 Å². The zero-order valence-corrected chi connectivity index (χ0v) is 15.5. The number of carboxylic acids is 1. The van der Waals surface area contributed by atoms with Crippen LogP contribution in [0.2, 0.25) is 5.02 Å². The van der Waals surface area contributed by atoms with Crippen molar-refractivity contribution < 1.29 is 24.2 Å². The number of nitrogens with zero attached hydrogens (tertiary/aromatic N) is 1. The summed E-state index contributed by atoms with van der Waals surface area (Å²) in [5, 5.41) is 8.72. The van der Waals surface area contributed by atoms with E-state index in [4.69, 9.17) is 21.4 Å². The first-order chi connectivity index (χ1) is 13.0. The minimum atomic E-state index is -0.963. The van der Waals surface area contributed by atoms with Crippen molar-refractivity contribution in [3.8, 4) is 5.75 Å². The highest BCUT2D eigenvalue weighted by atomic mass is 35.5. The minimum Gasteiger partial charge on any atom is -0.492 e. The molecule has 8 heteroatoms. The molecule has 6 nitrogen and oxygen atoms in total. The first kappa shape index (κ1) is 19.0. The summed E-state index contributed by atoms with van der Waals surface area (Å²) in [5.74, 6) is -0.976. The molecule has 0 spiro atoms. The number of aliphatic carboxylic acids is 1. The summed E-state index contributed by atoms with van der Waals surface area (Å²) >= 11 is 6.77. The first-order valence-corrected chi connectivity index (χ1v) is 9.12. The van der Waals surface area contributed by atoms with Crippen LogP contribution >= 0.6 is 23.4 Å². The zero-order valence-electron chi connectivity index (χ0n) is 13.9. The summed E-state index contributed by atoms with van der Waals surface area (Å²) in [6, 6.07) is 13.4. The summed E-state index contributed by atoms with van der Waals surface area (Å²) in [6.45, 7) is 0.00415. The average molecular weight is 404 g/mol. The molecule has 0 aromatic heterocycles. The van der Waals surface area contributed by atoms with E-state index in [2.05, 4.69) is 0 Å². The SMILES string of the molecule is O=C(O)CCOc1ccccc1/C=C1/SC(=O)N(c2cccc(Cl)c2)C1=O. The van der Waals surface area contributed by atoms with Crippen LogP contribution in [0.5, 0.6) is 5.75 Å².